The second-order valence-corrected chi connectivity index (χ2v) is 6.70. The maximum Gasteiger partial charge on any atom is 0.0648 e. The third-order valence-electron chi connectivity index (χ3n) is 3.26. The summed E-state index contributed by atoms with van der Waals surface area (Å²) in [6.07, 6.45) is 3.75. The van der Waals surface area contributed by atoms with Crippen LogP contribution in [0.3, 0.4) is 0 Å². The van der Waals surface area contributed by atoms with E-state index >= 15 is 0 Å². The van der Waals surface area contributed by atoms with E-state index in [4.69, 9.17) is 11.6 Å². The molecule has 1 N–H and O–H groups in total. The predicted octanol–water partition coefficient (Wildman–Crippen LogP) is 5.09. The minimum Gasteiger partial charge on any atom is -0.381 e. The van der Waals surface area contributed by atoms with Crippen molar-refractivity contribution in [2.24, 2.45) is 5.41 Å². The summed E-state index contributed by atoms with van der Waals surface area (Å²) < 4.78 is 1.02. The van der Waals surface area contributed by atoms with Crippen LogP contribution in [0.4, 0.5) is 5.69 Å². The van der Waals surface area contributed by atoms with Crippen LogP contribution in [0.5, 0.6) is 0 Å². The van der Waals surface area contributed by atoms with Crippen LogP contribution in [0, 0.1) is 5.41 Å². The van der Waals surface area contributed by atoms with Gasteiger partial charge in [0.2, 0.25) is 0 Å². The molecule has 0 radical (unpaired) electrons. The first kappa shape index (κ1) is 12.3. The largest absolute Gasteiger partial charge is 0.381 e. The summed E-state index contributed by atoms with van der Waals surface area (Å²) in [6, 6.07) is 6.56. The quantitative estimate of drug-likeness (QED) is 0.802. The highest BCUT2D eigenvalue weighted by molar-refractivity contribution is 9.10. The lowest BCUT2D eigenvalue weighted by molar-refractivity contribution is 0.378. The van der Waals surface area contributed by atoms with Crippen molar-refractivity contribution in [1.82, 2.24) is 0 Å². The van der Waals surface area contributed by atoms with Crippen LogP contribution < -0.4 is 5.32 Å². The van der Waals surface area contributed by atoms with E-state index < -0.39 is 0 Å². The van der Waals surface area contributed by atoms with Crippen LogP contribution in [0.1, 0.15) is 33.1 Å². The molecular weight excluding hydrogens is 286 g/mol. The van der Waals surface area contributed by atoms with E-state index in [-0.39, 0.29) is 0 Å². The standard InChI is InChI=1S/C13H17BrClN/c1-13(2)6-5-10(8-13)16-12-4-3-9(14)7-11(12)15/h3-4,7,10,16H,5-6,8H2,1-2H3. The van der Waals surface area contributed by atoms with Crippen molar-refractivity contribution >= 4 is 33.2 Å². The van der Waals surface area contributed by atoms with E-state index in [1.54, 1.807) is 0 Å². The van der Waals surface area contributed by atoms with Crippen LogP contribution in [0.25, 0.3) is 0 Å². The predicted molar refractivity (Wildman–Crippen MR) is 74.2 cm³/mol. The third kappa shape index (κ3) is 2.92. The van der Waals surface area contributed by atoms with Crippen LogP contribution in [-0.2, 0) is 0 Å². The van der Waals surface area contributed by atoms with Crippen molar-refractivity contribution in [3.05, 3.63) is 27.7 Å². The molecule has 0 saturated heterocycles. The zero-order chi connectivity index (χ0) is 11.8. The van der Waals surface area contributed by atoms with Gasteiger partial charge in [0.05, 0.1) is 10.7 Å². The summed E-state index contributed by atoms with van der Waals surface area (Å²) in [7, 11) is 0. The van der Waals surface area contributed by atoms with Gasteiger partial charge in [-0.1, -0.05) is 41.4 Å². The smallest absolute Gasteiger partial charge is 0.0648 e. The summed E-state index contributed by atoms with van der Waals surface area (Å²) in [4.78, 5) is 0. The van der Waals surface area contributed by atoms with E-state index in [1.165, 1.54) is 19.3 Å². The number of anilines is 1. The lowest BCUT2D eigenvalue weighted by atomic mass is 9.92. The summed E-state index contributed by atoms with van der Waals surface area (Å²) in [6.45, 7) is 4.66. The average Bonchev–Trinajstić information content (AvgIpc) is 2.51. The molecule has 0 aliphatic heterocycles. The van der Waals surface area contributed by atoms with Gasteiger partial charge < -0.3 is 5.32 Å². The topological polar surface area (TPSA) is 12.0 Å². The second kappa shape index (κ2) is 4.58. The zero-order valence-electron chi connectivity index (χ0n) is 9.69. The van der Waals surface area contributed by atoms with Crippen molar-refractivity contribution in [3.63, 3.8) is 0 Å². The Labute approximate surface area is 111 Å². The third-order valence-corrected chi connectivity index (χ3v) is 4.07. The van der Waals surface area contributed by atoms with E-state index in [0.29, 0.717) is 11.5 Å². The number of hydrogen-bond donors (Lipinski definition) is 1. The maximum atomic E-state index is 6.19. The van der Waals surface area contributed by atoms with Gasteiger partial charge in [-0.05, 0) is 42.9 Å². The van der Waals surface area contributed by atoms with Crippen molar-refractivity contribution < 1.29 is 0 Å². The molecule has 0 heterocycles. The van der Waals surface area contributed by atoms with E-state index in [9.17, 15) is 0 Å². The molecule has 0 amide bonds. The van der Waals surface area contributed by atoms with Gasteiger partial charge in [0.15, 0.2) is 0 Å². The molecule has 1 unspecified atom stereocenters. The molecule has 0 aromatic heterocycles. The molecule has 88 valence electrons. The molecule has 2 rings (SSSR count). The molecule has 1 aliphatic rings. The summed E-state index contributed by atoms with van der Waals surface area (Å²) in [5, 5.41) is 4.33. The highest BCUT2D eigenvalue weighted by atomic mass is 79.9. The molecule has 1 nitrogen and oxygen atoms in total. The Morgan fingerprint density at radius 1 is 1.44 bits per heavy atom. The van der Waals surface area contributed by atoms with Gasteiger partial charge in [-0.2, -0.15) is 0 Å². The van der Waals surface area contributed by atoms with Gasteiger partial charge in [0, 0.05) is 10.5 Å². The normalized spacial score (nSPS) is 23.4. The summed E-state index contributed by atoms with van der Waals surface area (Å²) >= 11 is 9.60. The second-order valence-electron chi connectivity index (χ2n) is 5.37. The Balaban J connectivity index is 2.05. The number of rotatable bonds is 2. The van der Waals surface area contributed by atoms with Gasteiger partial charge in [0.25, 0.3) is 0 Å². The van der Waals surface area contributed by atoms with E-state index in [0.717, 1.165) is 15.2 Å². The number of nitrogens with one attached hydrogen (secondary N) is 1. The molecule has 1 aromatic rings. The van der Waals surface area contributed by atoms with Gasteiger partial charge >= 0.3 is 0 Å². The fourth-order valence-electron chi connectivity index (χ4n) is 2.39. The lowest BCUT2D eigenvalue weighted by Gasteiger charge is -2.19. The van der Waals surface area contributed by atoms with Crippen molar-refractivity contribution in [2.45, 2.75) is 39.2 Å². The van der Waals surface area contributed by atoms with Crippen LogP contribution >= 0.6 is 27.5 Å². The SMILES string of the molecule is CC1(C)CCC(Nc2ccc(Br)cc2Cl)C1. The Kier molecular flexibility index (Phi) is 3.50. The zero-order valence-corrected chi connectivity index (χ0v) is 12.0. The molecule has 1 aliphatic carbocycles. The molecule has 1 atom stereocenters. The number of hydrogen-bond acceptors (Lipinski definition) is 1. The molecule has 3 heteroatoms. The lowest BCUT2D eigenvalue weighted by Crippen LogP contribution is -2.17. The Bertz CT molecular complexity index is 390. The van der Waals surface area contributed by atoms with E-state index in [2.05, 4.69) is 35.1 Å². The van der Waals surface area contributed by atoms with Crippen molar-refractivity contribution in [2.75, 3.05) is 5.32 Å². The number of halogens is 2. The first-order valence-electron chi connectivity index (χ1n) is 5.68. The van der Waals surface area contributed by atoms with Gasteiger partial charge in [-0.25, -0.2) is 0 Å². The molecular formula is C13H17BrClN. The number of benzene rings is 1. The highest BCUT2D eigenvalue weighted by Crippen LogP contribution is 2.39. The first-order chi connectivity index (χ1) is 7.46. The Hall–Kier alpha value is -0.210. The Morgan fingerprint density at radius 3 is 2.75 bits per heavy atom. The van der Waals surface area contributed by atoms with Crippen molar-refractivity contribution in [1.29, 1.82) is 0 Å². The molecule has 1 aromatic carbocycles. The summed E-state index contributed by atoms with van der Waals surface area (Å²) in [5.74, 6) is 0. The molecule has 0 spiro atoms. The van der Waals surface area contributed by atoms with Crippen LogP contribution in [0.2, 0.25) is 5.02 Å². The Morgan fingerprint density at radius 2 is 2.19 bits per heavy atom. The van der Waals surface area contributed by atoms with Crippen molar-refractivity contribution in [3.8, 4) is 0 Å². The van der Waals surface area contributed by atoms with Crippen LogP contribution in [0.15, 0.2) is 22.7 Å². The van der Waals surface area contributed by atoms with Crippen LogP contribution in [-0.4, -0.2) is 6.04 Å². The molecule has 1 fully saturated rings. The average molecular weight is 303 g/mol. The highest BCUT2D eigenvalue weighted by Gasteiger charge is 2.30. The fourth-order valence-corrected chi connectivity index (χ4v) is 3.11. The minimum atomic E-state index is 0.472. The first-order valence-corrected chi connectivity index (χ1v) is 6.85. The summed E-state index contributed by atoms with van der Waals surface area (Å²) in [5.41, 5.74) is 1.52. The van der Waals surface area contributed by atoms with Gasteiger partial charge in [-0.15, -0.1) is 0 Å². The molecule has 1 saturated carbocycles. The van der Waals surface area contributed by atoms with Gasteiger partial charge in [-0.3, -0.25) is 0 Å². The van der Waals surface area contributed by atoms with E-state index in [1.807, 2.05) is 18.2 Å². The maximum absolute atomic E-state index is 6.19. The minimum absolute atomic E-state index is 0.472. The fraction of sp³-hybridized carbons (Fsp3) is 0.538. The molecule has 0 bridgehead atoms. The van der Waals surface area contributed by atoms with Gasteiger partial charge in [0.1, 0.15) is 0 Å². The molecule has 16 heavy (non-hydrogen) atoms. The monoisotopic (exact) mass is 301 g/mol.